The summed E-state index contributed by atoms with van der Waals surface area (Å²) in [6.45, 7) is 1.72. The molecule has 9 heteroatoms. The number of hydrogen-bond acceptors (Lipinski definition) is 6. The van der Waals surface area contributed by atoms with Crippen molar-refractivity contribution in [2.24, 2.45) is 0 Å². The first-order valence-corrected chi connectivity index (χ1v) is 9.11. The van der Waals surface area contributed by atoms with Crippen LogP contribution in [-0.4, -0.2) is 72.3 Å². The monoisotopic (exact) mass is 389 g/mol. The van der Waals surface area contributed by atoms with Crippen molar-refractivity contribution in [1.82, 2.24) is 14.7 Å². The molecule has 0 N–H and O–H groups in total. The second-order valence-electron chi connectivity index (χ2n) is 6.58. The lowest BCUT2D eigenvalue weighted by molar-refractivity contribution is -0.145. The van der Waals surface area contributed by atoms with Crippen LogP contribution in [0.4, 0.5) is 4.79 Å². The van der Waals surface area contributed by atoms with E-state index in [1.54, 1.807) is 38.2 Å². The van der Waals surface area contributed by atoms with Gasteiger partial charge in [-0.2, -0.15) is 0 Å². The number of carbonyl (C=O) groups is 4. The minimum atomic E-state index is -0.963. The fourth-order valence-corrected chi connectivity index (χ4v) is 3.68. The molecule has 0 unspecified atom stereocenters. The van der Waals surface area contributed by atoms with E-state index in [9.17, 15) is 19.2 Å². The molecule has 5 amide bonds. The molecule has 2 fully saturated rings. The number of benzene rings is 1. The Kier molecular flexibility index (Phi) is 5.53. The van der Waals surface area contributed by atoms with Crippen molar-refractivity contribution in [2.75, 3.05) is 33.9 Å². The number of imide groups is 2. The number of amides is 5. The molecule has 0 saturated carbocycles. The highest BCUT2D eigenvalue weighted by atomic mass is 16.5. The number of carbonyl (C=O) groups excluding carboxylic acids is 4. The zero-order chi connectivity index (χ0) is 20.4. The van der Waals surface area contributed by atoms with Crippen LogP contribution in [0.1, 0.15) is 31.4 Å². The third kappa shape index (κ3) is 3.28. The fourth-order valence-electron chi connectivity index (χ4n) is 3.68. The molecule has 0 aliphatic carbocycles. The molecular formula is C19H23N3O6. The van der Waals surface area contributed by atoms with Crippen molar-refractivity contribution in [3.05, 3.63) is 23.8 Å². The van der Waals surface area contributed by atoms with Gasteiger partial charge in [0.15, 0.2) is 0 Å². The predicted molar refractivity (Wildman–Crippen MR) is 97.7 cm³/mol. The van der Waals surface area contributed by atoms with Gasteiger partial charge in [-0.25, -0.2) is 9.69 Å². The minimum Gasteiger partial charge on any atom is -0.497 e. The second-order valence-corrected chi connectivity index (χ2v) is 6.58. The molecule has 2 aliphatic heterocycles. The van der Waals surface area contributed by atoms with Gasteiger partial charge in [-0.05, 0) is 38.0 Å². The molecule has 1 aromatic carbocycles. The van der Waals surface area contributed by atoms with Gasteiger partial charge in [0.05, 0.1) is 20.3 Å². The van der Waals surface area contributed by atoms with Gasteiger partial charge in [-0.1, -0.05) is 0 Å². The minimum absolute atomic E-state index is 0.0848. The molecule has 2 saturated heterocycles. The summed E-state index contributed by atoms with van der Waals surface area (Å²) in [5.74, 6) is -0.974. The number of likely N-dealkylation sites (tertiary alicyclic amines) is 1. The summed E-state index contributed by atoms with van der Waals surface area (Å²) in [5.41, 5.74) is 0.804. The Balaban J connectivity index is 1.82. The Morgan fingerprint density at radius 1 is 1.11 bits per heavy atom. The van der Waals surface area contributed by atoms with E-state index in [4.69, 9.17) is 9.47 Å². The number of rotatable bonds is 6. The molecular weight excluding hydrogens is 366 g/mol. The van der Waals surface area contributed by atoms with Crippen LogP contribution in [-0.2, 0) is 14.4 Å². The van der Waals surface area contributed by atoms with Crippen molar-refractivity contribution >= 4 is 23.8 Å². The van der Waals surface area contributed by atoms with Crippen LogP contribution in [0.5, 0.6) is 11.5 Å². The van der Waals surface area contributed by atoms with Crippen LogP contribution in [0.3, 0.4) is 0 Å². The standard InChI is InChI=1S/C19H23N3O6/c1-4-20-17(24)18(25)22(19(20)26)11-16(23)21-9-5-6-14(21)13-10-12(27-2)7-8-15(13)28-3/h7-8,10,14H,4-6,9,11H2,1-3H3/t14-/m1/s1. The Labute approximate surface area is 162 Å². The number of hydrogen-bond donors (Lipinski definition) is 0. The topological polar surface area (TPSA) is 96.5 Å². The van der Waals surface area contributed by atoms with Crippen molar-refractivity contribution in [3.63, 3.8) is 0 Å². The van der Waals surface area contributed by atoms with E-state index in [1.807, 2.05) is 6.07 Å². The molecule has 0 spiro atoms. The summed E-state index contributed by atoms with van der Waals surface area (Å²) in [6, 6.07) is 4.36. The van der Waals surface area contributed by atoms with Gasteiger partial charge in [0.2, 0.25) is 5.91 Å². The largest absolute Gasteiger partial charge is 0.497 e. The summed E-state index contributed by atoms with van der Waals surface area (Å²) in [5, 5.41) is 0. The average Bonchev–Trinajstić information content (AvgIpc) is 3.27. The van der Waals surface area contributed by atoms with Crippen molar-refractivity contribution in [1.29, 1.82) is 0 Å². The Morgan fingerprint density at radius 2 is 1.82 bits per heavy atom. The summed E-state index contributed by atoms with van der Waals surface area (Å²) >= 11 is 0. The van der Waals surface area contributed by atoms with Gasteiger partial charge in [-0.15, -0.1) is 0 Å². The molecule has 150 valence electrons. The lowest BCUT2D eigenvalue weighted by Gasteiger charge is -2.28. The summed E-state index contributed by atoms with van der Waals surface area (Å²) < 4.78 is 10.7. The quantitative estimate of drug-likeness (QED) is 0.535. The van der Waals surface area contributed by atoms with E-state index in [0.717, 1.165) is 23.3 Å². The van der Waals surface area contributed by atoms with E-state index in [-0.39, 0.29) is 18.5 Å². The molecule has 9 nitrogen and oxygen atoms in total. The van der Waals surface area contributed by atoms with Crippen LogP contribution >= 0.6 is 0 Å². The smallest absolute Gasteiger partial charge is 0.334 e. The van der Waals surface area contributed by atoms with E-state index in [0.29, 0.717) is 22.9 Å². The van der Waals surface area contributed by atoms with Gasteiger partial charge in [-0.3, -0.25) is 19.3 Å². The predicted octanol–water partition coefficient (Wildman–Crippen LogP) is 1.18. The first-order valence-electron chi connectivity index (χ1n) is 9.11. The van der Waals surface area contributed by atoms with Crippen LogP contribution < -0.4 is 9.47 Å². The van der Waals surface area contributed by atoms with E-state index >= 15 is 0 Å². The van der Waals surface area contributed by atoms with Gasteiger partial charge < -0.3 is 14.4 Å². The highest BCUT2D eigenvalue weighted by molar-refractivity contribution is 6.45. The molecule has 1 aromatic rings. The van der Waals surface area contributed by atoms with E-state index < -0.39 is 24.4 Å². The first-order chi connectivity index (χ1) is 13.4. The maximum Gasteiger partial charge on any atom is 0.334 e. The Hall–Kier alpha value is -3.10. The maximum atomic E-state index is 12.9. The van der Waals surface area contributed by atoms with Crippen LogP contribution in [0.2, 0.25) is 0 Å². The summed E-state index contributed by atoms with van der Waals surface area (Å²) in [6.07, 6.45) is 1.50. The van der Waals surface area contributed by atoms with Crippen molar-refractivity contribution < 1.29 is 28.7 Å². The molecule has 3 rings (SSSR count). The molecule has 0 radical (unpaired) electrons. The Morgan fingerprint density at radius 3 is 2.43 bits per heavy atom. The van der Waals surface area contributed by atoms with Crippen molar-refractivity contribution in [2.45, 2.75) is 25.8 Å². The van der Waals surface area contributed by atoms with Gasteiger partial charge in [0.1, 0.15) is 18.0 Å². The number of methoxy groups -OCH3 is 2. The molecule has 2 heterocycles. The molecule has 0 bridgehead atoms. The van der Waals surface area contributed by atoms with E-state index in [1.165, 1.54) is 0 Å². The molecule has 2 aliphatic rings. The Bertz CT molecular complexity index is 824. The first kappa shape index (κ1) is 19.7. The van der Waals surface area contributed by atoms with Gasteiger partial charge in [0.25, 0.3) is 0 Å². The third-order valence-corrected chi connectivity index (χ3v) is 5.11. The van der Waals surface area contributed by atoms with Crippen LogP contribution in [0.25, 0.3) is 0 Å². The lowest BCUT2D eigenvalue weighted by atomic mass is 10.0. The van der Waals surface area contributed by atoms with Gasteiger partial charge in [0, 0.05) is 18.7 Å². The molecule has 28 heavy (non-hydrogen) atoms. The van der Waals surface area contributed by atoms with E-state index in [2.05, 4.69) is 0 Å². The number of ether oxygens (including phenoxy) is 2. The highest BCUT2D eigenvalue weighted by Crippen LogP contribution is 2.39. The highest BCUT2D eigenvalue weighted by Gasteiger charge is 2.45. The number of urea groups is 1. The normalized spacial score (nSPS) is 19.6. The zero-order valence-electron chi connectivity index (χ0n) is 16.1. The lowest BCUT2D eigenvalue weighted by Crippen LogP contribution is -2.43. The van der Waals surface area contributed by atoms with Crippen LogP contribution in [0, 0.1) is 0 Å². The maximum absolute atomic E-state index is 12.9. The number of nitrogens with zero attached hydrogens (tertiary/aromatic N) is 3. The van der Waals surface area contributed by atoms with Crippen molar-refractivity contribution in [3.8, 4) is 11.5 Å². The third-order valence-electron chi connectivity index (χ3n) is 5.11. The summed E-state index contributed by atoms with van der Waals surface area (Å²) in [7, 11) is 3.11. The fraction of sp³-hybridized carbons (Fsp3) is 0.474. The second kappa shape index (κ2) is 7.87. The van der Waals surface area contributed by atoms with Gasteiger partial charge >= 0.3 is 17.8 Å². The zero-order valence-corrected chi connectivity index (χ0v) is 16.1. The average molecular weight is 389 g/mol. The molecule has 1 atom stereocenters. The SMILES string of the molecule is CCN1C(=O)C(=O)N(CC(=O)N2CCC[C@@H]2c2cc(OC)ccc2OC)C1=O. The molecule has 0 aromatic heterocycles. The van der Waals surface area contributed by atoms with Crippen LogP contribution in [0.15, 0.2) is 18.2 Å². The number of likely N-dealkylation sites (N-methyl/N-ethyl adjacent to an activating group) is 1. The summed E-state index contributed by atoms with van der Waals surface area (Å²) in [4.78, 5) is 52.3.